The van der Waals surface area contributed by atoms with Crippen LogP contribution in [-0.4, -0.2) is 43.3 Å². The Morgan fingerprint density at radius 3 is 2.52 bits per heavy atom. The van der Waals surface area contributed by atoms with Gasteiger partial charge in [-0.2, -0.15) is 0 Å². The minimum atomic E-state index is -0.252. The number of nitrogens with one attached hydrogen (secondary N) is 3. The molecule has 0 spiro atoms. The van der Waals surface area contributed by atoms with Gasteiger partial charge in [-0.3, -0.25) is 0 Å². The molecule has 25 heavy (non-hydrogen) atoms. The van der Waals surface area contributed by atoms with Crippen molar-refractivity contribution in [2.75, 3.05) is 32.6 Å². The highest BCUT2D eigenvalue weighted by Gasteiger charge is 2.12. The first-order valence-corrected chi connectivity index (χ1v) is 7.91. The van der Waals surface area contributed by atoms with Crippen molar-refractivity contribution in [2.24, 2.45) is 0 Å². The lowest BCUT2D eigenvalue weighted by Crippen LogP contribution is -2.39. The first-order chi connectivity index (χ1) is 12.1. The fourth-order valence-corrected chi connectivity index (χ4v) is 2.19. The van der Waals surface area contributed by atoms with Gasteiger partial charge in [-0.05, 0) is 30.7 Å². The lowest BCUT2D eigenvalue weighted by Gasteiger charge is -2.17. The van der Waals surface area contributed by atoms with Crippen molar-refractivity contribution in [1.82, 2.24) is 20.6 Å². The summed E-state index contributed by atoms with van der Waals surface area (Å²) < 4.78 is 10.5. The van der Waals surface area contributed by atoms with Crippen LogP contribution in [0.5, 0.6) is 11.5 Å². The molecule has 1 heterocycles. The second kappa shape index (κ2) is 9.31. The Kier molecular flexibility index (Phi) is 6.82. The largest absolute Gasteiger partial charge is 0.493 e. The van der Waals surface area contributed by atoms with E-state index in [9.17, 15) is 4.79 Å². The molecule has 0 radical (unpaired) electrons. The van der Waals surface area contributed by atoms with Crippen LogP contribution in [0.1, 0.15) is 18.5 Å². The first-order valence-electron chi connectivity index (χ1n) is 7.91. The number of nitrogens with zero attached hydrogens (tertiary/aromatic N) is 2. The van der Waals surface area contributed by atoms with Crippen LogP contribution < -0.4 is 25.4 Å². The number of rotatable bonds is 8. The summed E-state index contributed by atoms with van der Waals surface area (Å²) in [6.45, 7) is 2.88. The maximum atomic E-state index is 12.0. The zero-order valence-electron chi connectivity index (χ0n) is 14.6. The molecule has 0 bridgehead atoms. The number of hydrogen-bond donors (Lipinski definition) is 3. The number of urea groups is 1. The van der Waals surface area contributed by atoms with Crippen molar-refractivity contribution in [2.45, 2.75) is 13.0 Å². The third-order valence-electron chi connectivity index (χ3n) is 3.51. The Labute approximate surface area is 147 Å². The number of amides is 2. The smallest absolute Gasteiger partial charge is 0.315 e. The zero-order valence-corrected chi connectivity index (χ0v) is 14.6. The van der Waals surface area contributed by atoms with Crippen LogP contribution in [0, 0.1) is 0 Å². The lowest BCUT2D eigenvalue weighted by atomic mass is 10.1. The molecule has 8 nitrogen and oxygen atoms in total. The summed E-state index contributed by atoms with van der Waals surface area (Å²) >= 11 is 0. The SMILES string of the molecule is COc1ccc(C(C)NC(=O)NCCNc2ncccn2)cc1OC. The topological polar surface area (TPSA) is 97.4 Å². The van der Waals surface area contributed by atoms with Gasteiger partial charge in [-0.1, -0.05) is 6.07 Å². The summed E-state index contributed by atoms with van der Waals surface area (Å²) in [7, 11) is 3.16. The summed E-state index contributed by atoms with van der Waals surface area (Å²) in [5.41, 5.74) is 0.920. The molecule has 2 amide bonds. The Hall–Kier alpha value is -3.03. The second-order valence-corrected chi connectivity index (χ2v) is 5.24. The van der Waals surface area contributed by atoms with Crippen molar-refractivity contribution < 1.29 is 14.3 Å². The minimum Gasteiger partial charge on any atom is -0.493 e. The molecule has 0 saturated heterocycles. The third-order valence-corrected chi connectivity index (χ3v) is 3.51. The quantitative estimate of drug-likeness (QED) is 0.633. The molecule has 0 aliphatic carbocycles. The fourth-order valence-electron chi connectivity index (χ4n) is 2.19. The van der Waals surface area contributed by atoms with Crippen LogP contribution in [0.2, 0.25) is 0 Å². The Balaban J connectivity index is 1.78. The summed E-state index contributed by atoms with van der Waals surface area (Å²) in [5.74, 6) is 1.81. The standard InChI is InChI=1S/C17H23N5O3/c1-12(13-5-6-14(24-2)15(11-13)25-3)22-17(23)21-10-9-20-16-18-7-4-8-19-16/h4-8,11-12H,9-10H2,1-3H3,(H,18,19,20)(H2,21,22,23). The third kappa shape index (κ3) is 5.52. The predicted molar refractivity (Wildman–Crippen MR) is 95.0 cm³/mol. The van der Waals surface area contributed by atoms with Gasteiger partial charge in [0.2, 0.25) is 5.95 Å². The monoisotopic (exact) mass is 345 g/mol. The molecule has 0 saturated carbocycles. The van der Waals surface area contributed by atoms with Crippen LogP contribution in [0.25, 0.3) is 0 Å². The van der Waals surface area contributed by atoms with Crippen LogP contribution in [0.3, 0.4) is 0 Å². The number of benzene rings is 1. The number of carbonyl (C=O) groups excluding carboxylic acids is 1. The van der Waals surface area contributed by atoms with Crippen LogP contribution in [-0.2, 0) is 0 Å². The van der Waals surface area contributed by atoms with E-state index >= 15 is 0 Å². The minimum absolute atomic E-state index is 0.176. The molecule has 1 atom stereocenters. The summed E-state index contributed by atoms with van der Waals surface area (Å²) in [6, 6.07) is 6.86. The van der Waals surface area contributed by atoms with Crippen LogP contribution >= 0.6 is 0 Å². The Bertz CT molecular complexity index is 681. The number of anilines is 1. The van der Waals surface area contributed by atoms with Crippen molar-refractivity contribution in [1.29, 1.82) is 0 Å². The van der Waals surface area contributed by atoms with E-state index in [1.165, 1.54) is 0 Å². The molecule has 2 rings (SSSR count). The maximum Gasteiger partial charge on any atom is 0.315 e. The van der Waals surface area contributed by atoms with Gasteiger partial charge in [0.05, 0.1) is 20.3 Å². The maximum absolute atomic E-state index is 12.0. The van der Waals surface area contributed by atoms with Gasteiger partial charge < -0.3 is 25.4 Å². The summed E-state index contributed by atoms with van der Waals surface area (Å²) in [5, 5.41) is 8.68. The molecular weight excluding hydrogens is 322 g/mol. The van der Waals surface area contributed by atoms with Crippen LogP contribution in [0.15, 0.2) is 36.7 Å². The predicted octanol–water partition coefficient (Wildman–Crippen LogP) is 1.97. The number of carbonyl (C=O) groups is 1. The molecule has 0 aliphatic heterocycles. The number of ether oxygens (including phenoxy) is 2. The molecule has 134 valence electrons. The van der Waals surface area contributed by atoms with Gasteiger partial charge in [0.1, 0.15) is 0 Å². The lowest BCUT2D eigenvalue weighted by molar-refractivity contribution is 0.238. The zero-order chi connectivity index (χ0) is 18.1. The van der Waals surface area contributed by atoms with E-state index in [2.05, 4.69) is 25.9 Å². The van der Waals surface area contributed by atoms with Gasteiger partial charge in [-0.15, -0.1) is 0 Å². The second-order valence-electron chi connectivity index (χ2n) is 5.24. The number of methoxy groups -OCH3 is 2. The highest BCUT2D eigenvalue weighted by atomic mass is 16.5. The molecule has 3 N–H and O–H groups in total. The average molecular weight is 345 g/mol. The van der Waals surface area contributed by atoms with Crippen molar-refractivity contribution >= 4 is 12.0 Å². The fraction of sp³-hybridized carbons (Fsp3) is 0.353. The molecule has 1 unspecified atom stereocenters. The van der Waals surface area contributed by atoms with Gasteiger partial charge in [0.25, 0.3) is 0 Å². The van der Waals surface area contributed by atoms with E-state index in [4.69, 9.17) is 9.47 Å². The van der Waals surface area contributed by atoms with Crippen molar-refractivity contribution in [3.8, 4) is 11.5 Å². The van der Waals surface area contributed by atoms with E-state index in [1.807, 2.05) is 25.1 Å². The van der Waals surface area contributed by atoms with E-state index in [0.29, 0.717) is 30.5 Å². The van der Waals surface area contributed by atoms with E-state index in [0.717, 1.165) is 5.56 Å². The van der Waals surface area contributed by atoms with Gasteiger partial charge >= 0.3 is 6.03 Å². The van der Waals surface area contributed by atoms with Gasteiger partial charge in [-0.25, -0.2) is 14.8 Å². The van der Waals surface area contributed by atoms with E-state index in [1.54, 1.807) is 32.7 Å². The van der Waals surface area contributed by atoms with Crippen molar-refractivity contribution in [3.63, 3.8) is 0 Å². The Morgan fingerprint density at radius 2 is 1.84 bits per heavy atom. The molecular formula is C17H23N5O3. The molecule has 1 aromatic carbocycles. The molecule has 2 aromatic rings. The van der Waals surface area contributed by atoms with Crippen molar-refractivity contribution in [3.05, 3.63) is 42.2 Å². The first kappa shape index (κ1) is 18.3. The normalized spacial score (nSPS) is 11.3. The van der Waals surface area contributed by atoms with E-state index < -0.39 is 0 Å². The highest BCUT2D eigenvalue weighted by Crippen LogP contribution is 2.29. The molecule has 1 aromatic heterocycles. The van der Waals surface area contributed by atoms with Gasteiger partial charge in [0.15, 0.2) is 11.5 Å². The number of aromatic nitrogens is 2. The highest BCUT2D eigenvalue weighted by molar-refractivity contribution is 5.74. The summed E-state index contributed by atoms with van der Waals surface area (Å²) in [4.78, 5) is 20.1. The number of hydrogen-bond acceptors (Lipinski definition) is 6. The molecule has 0 fully saturated rings. The van der Waals surface area contributed by atoms with Crippen LogP contribution in [0.4, 0.5) is 10.7 Å². The van der Waals surface area contributed by atoms with Gasteiger partial charge in [0, 0.05) is 25.5 Å². The van der Waals surface area contributed by atoms with E-state index in [-0.39, 0.29) is 12.1 Å². The Morgan fingerprint density at radius 1 is 1.12 bits per heavy atom. The average Bonchev–Trinajstić information content (AvgIpc) is 2.65. The molecule has 0 aliphatic rings. The summed E-state index contributed by atoms with van der Waals surface area (Å²) in [6.07, 6.45) is 3.31. The molecule has 8 heteroatoms.